The van der Waals surface area contributed by atoms with Crippen molar-refractivity contribution in [2.75, 3.05) is 7.05 Å². The predicted molar refractivity (Wildman–Crippen MR) is 67.7 cm³/mol. The Morgan fingerprint density at radius 2 is 2.10 bits per heavy atom. The molecule has 8 heteroatoms. The molecule has 20 heavy (non-hydrogen) atoms. The molecular formula is C12H19F3N4O. The van der Waals surface area contributed by atoms with E-state index in [2.05, 4.69) is 10.4 Å². The molecule has 0 aliphatic rings. The Kier molecular flexibility index (Phi) is 5.15. The number of nitrogens with two attached hydrogens (primary N) is 1. The standard InChI is InChI=1S/C12H19F3N4O/c1-11(17-2,10(16)20)6-3-4-7-19-8-5-9(18-19)12(13,14)15/h5,8,17H,3-4,6-7H2,1-2H3,(H2,16,20). The number of hydrogen-bond acceptors (Lipinski definition) is 3. The molecule has 0 fully saturated rings. The molecule has 0 bridgehead atoms. The fraction of sp³-hybridized carbons (Fsp3) is 0.667. The van der Waals surface area contributed by atoms with Crippen molar-refractivity contribution >= 4 is 5.91 Å². The SMILES string of the molecule is CNC(C)(CCCCn1ccc(C(F)(F)F)n1)C(N)=O. The molecule has 3 N–H and O–H groups in total. The van der Waals surface area contributed by atoms with Crippen LogP contribution in [0.25, 0.3) is 0 Å². The van der Waals surface area contributed by atoms with E-state index in [-0.39, 0.29) is 0 Å². The number of carbonyl (C=O) groups is 1. The lowest BCUT2D eigenvalue weighted by atomic mass is 9.94. The summed E-state index contributed by atoms with van der Waals surface area (Å²) in [6.45, 7) is 2.07. The van der Waals surface area contributed by atoms with Gasteiger partial charge < -0.3 is 11.1 Å². The zero-order valence-electron chi connectivity index (χ0n) is 11.5. The number of carbonyl (C=O) groups excluding carboxylic acids is 1. The largest absolute Gasteiger partial charge is 0.435 e. The van der Waals surface area contributed by atoms with E-state index in [4.69, 9.17) is 5.73 Å². The predicted octanol–water partition coefficient (Wildman–Crippen LogP) is 1.54. The number of unbranched alkanes of at least 4 members (excludes halogenated alkanes) is 1. The number of hydrogen-bond donors (Lipinski definition) is 2. The molecule has 1 atom stereocenters. The number of alkyl halides is 3. The van der Waals surface area contributed by atoms with Gasteiger partial charge in [-0.1, -0.05) is 0 Å². The van der Waals surface area contributed by atoms with Crippen LogP contribution in [-0.2, 0) is 17.5 Å². The first kappa shape index (κ1) is 16.5. The molecule has 0 radical (unpaired) electrons. The molecule has 1 amide bonds. The third-order valence-electron chi connectivity index (χ3n) is 3.34. The summed E-state index contributed by atoms with van der Waals surface area (Å²) in [7, 11) is 1.65. The van der Waals surface area contributed by atoms with Crippen LogP contribution in [0.2, 0.25) is 0 Å². The minimum absolute atomic E-state index is 0.370. The fourth-order valence-electron chi connectivity index (χ4n) is 1.76. The normalized spacial score (nSPS) is 15.1. The van der Waals surface area contributed by atoms with Crippen molar-refractivity contribution < 1.29 is 18.0 Å². The van der Waals surface area contributed by atoms with E-state index in [0.717, 1.165) is 6.07 Å². The lowest BCUT2D eigenvalue weighted by molar-refractivity contribution is -0.141. The van der Waals surface area contributed by atoms with Gasteiger partial charge >= 0.3 is 6.18 Å². The van der Waals surface area contributed by atoms with Crippen LogP contribution in [0, 0.1) is 0 Å². The van der Waals surface area contributed by atoms with Gasteiger partial charge in [-0.2, -0.15) is 18.3 Å². The maximum atomic E-state index is 12.3. The molecule has 1 aromatic heterocycles. The van der Waals surface area contributed by atoms with Gasteiger partial charge in [0.25, 0.3) is 0 Å². The van der Waals surface area contributed by atoms with Crippen LogP contribution in [-0.4, -0.2) is 28.3 Å². The van der Waals surface area contributed by atoms with Crippen molar-refractivity contribution in [3.63, 3.8) is 0 Å². The van der Waals surface area contributed by atoms with Crippen LogP contribution in [0.1, 0.15) is 31.9 Å². The highest BCUT2D eigenvalue weighted by molar-refractivity contribution is 5.84. The second-order valence-corrected chi connectivity index (χ2v) is 4.87. The number of primary amides is 1. The highest BCUT2D eigenvalue weighted by atomic mass is 19.4. The summed E-state index contributed by atoms with van der Waals surface area (Å²) in [5.74, 6) is -0.446. The van der Waals surface area contributed by atoms with E-state index in [1.165, 1.54) is 10.9 Å². The monoisotopic (exact) mass is 292 g/mol. The molecular weight excluding hydrogens is 273 g/mol. The lowest BCUT2D eigenvalue weighted by Gasteiger charge is -2.25. The molecule has 0 aromatic carbocycles. The van der Waals surface area contributed by atoms with Gasteiger partial charge in [0, 0.05) is 12.7 Å². The highest BCUT2D eigenvalue weighted by Gasteiger charge is 2.33. The van der Waals surface area contributed by atoms with Crippen LogP contribution in [0.15, 0.2) is 12.3 Å². The first-order chi connectivity index (χ1) is 9.19. The average molecular weight is 292 g/mol. The number of aromatic nitrogens is 2. The lowest BCUT2D eigenvalue weighted by Crippen LogP contribution is -2.51. The third-order valence-corrected chi connectivity index (χ3v) is 3.34. The Bertz CT molecular complexity index is 458. The number of likely N-dealkylation sites (N-methyl/N-ethyl adjacent to an activating group) is 1. The molecule has 0 aliphatic heterocycles. The van der Waals surface area contributed by atoms with Gasteiger partial charge in [-0.25, -0.2) is 0 Å². The summed E-state index contributed by atoms with van der Waals surface area (Å²) in [6.07, 6.45) is -1.33. The van der Waals surface area contributed by atoms with Gasteiger partial charge in [-0.05, 0) is 39.3 Å². The topological polar surface area (TPSA) is 72.9 Å². The zero-order valence-corrected chi connectivity index (χ0v) is 11.5. The van der Waals surface area contributed by atoms with Crippen LogP contribution in [0.4, 0.5) is 13.2 Å². The quantitative estimate of drug-likeness (QED) is 0.749. The van der Waals surface area contributed by atoms with E-state index in [1.54, 1.807) is 14.0 Å². The maximum Gasteiger partial charge on any atom is 0.435 e. The second kappa shape index (κ2) is 6.25. The smallest absolute Gasteiger partial charge is 0.368 e. The van der Waals surface area contributed by atoms with E-state index in [9.17, 15) is 18.0 Å². The summed E-state index contributed by atoms with van der Waals surface area (Å²) in [4.78, 5) is 11.2. The van der Waals surface area contributed by atoms with Crippen molar-refractivity contribution in [3.05, 3.63) is 18.0 Å². The second-order valence-electron chi connectivity index (χ2n) is 4.87. The molecule has 5 nitrogen and oxygen atoms in total. The molecule has 1 rings (SSSR count). The van der Waals surface area contributed by atoms with Crippen molar-refractivity contribution in [1.29, 1.82) is 0 Å². The van der Waals surface area contributed by atoms with Crippen molar-refractivity contribution in [2.24, 2.45) is 5.73 Å². The molecule has 0 aliphatic carbocycles. The summed E-state index contributed by atoms with van der Waals surface area (Å²) in [5, 5.41) is 6.31. The number of nitrogens with zero attached hydrogens (tertiary/aromatic N) is 2. The minimum Gasteiger partial charge on any atom is -0.368 e. The first-order valence-corrected chi connectivity index (χ1v) is 6.28. The molecule has 1 unspecified atom stereocenters. The molecule has 0 saturated carbocycles. The Balaban J connectivity index is 2.42. The van der Waals surface area contributed by atoms with E-state index in [0.29, 0.717) is 25.8 Å². The third kappa shape index (κ3) is 4.22. The van der Waals surface area contributed by atoms with Crippen LogP contribution in [0.5, 0.6) is 0 Å². The average Bonchev–Trinajstić information content (AvgIpc) is 2.82. The van der Waals surface area contributed by atoms with Crippen molar-refractivity contribution in [2.45, 2.75) is 44.4 Å². The van der Waals surface area contributed by atoms with Crippen LogP contribution >= 0.6 is 0 Å². The number of rotatable bonds is 7. The summed E-state index contributed by atoms with van der Waals surface area (Å²) in [6, 6.07) is 0.946. The van der Waals surface area contributed by atoms with Gasteiger partial charge in [-0.3, -0.25) is 9.48 Å². The minimum atomic E-state index is -4.41. The summed E-state index contributed by atoms with van der Waals surface area (Å²) < 4.78 is 38.3. The Morgan fingerprint density at radius 1 is 1.45 bits per heavy atom. The van der Waals surface area contributed by atoms with Gasteiger partial charge in [0.1, 0.15) is 0 Å². The Labute approximate surface area is 115 Å². The zero-order chi connectivity index (χ0) is 15.4. The van der Waals surface area contributed by atoms with Gasteiger partial charge in [0.05, 0.1) is 5.54 Å². The van der Waals surface area contributed by atoms with Crippen molar-refractivity contribution in [3.8, 4) is 0 Å². The Morgan fingerprint density at radius 3 is 2.55 bits per heavy atom. The molecule has 114 valence electrons. The fourth-order valence-corrected chi connectivity index (χ4v) is 1.76. The number of halogens is 3. The number of amides is 1. The molecule has 1 heterocycles. The van der Waals surface area contributed by atoms with Gasteiger partial charge in [0.2, 0.25) is 5.91 Å². The van der Waals surface area contributed by atoms with Crippen LogP contribution in [0.3, 0.4) is 0 Å². The van der Waals surface area contributed by atoms with Crippen LogP contribution < -0.4 is 11.1 Å². The summed E-state index contributed by atoms with van der Waals surface area (Å²) in [5.41, 5.74) is 3.60. The molecule has 0 saturated heterocycles. The number of nitrogens with one attached hydrogen (secondary N) is 1. The summed E-state index contributed by atoms with van der Waals surface area (Å²) >= 11 is 0. The number of aryl methyl sites for hydroxylation is 1. The van der Waals surface area contributed by atoms with E-state index >= 15 is 0 Å². The highest BCUT2D eigenvalue weighted by Crippen LogP contribution is 2.27. The van der Waals surface area contributed by atoms with Crippen molar-refractivity contribution in [1.82, 2.24) is 15.1 Å². The maximum absolute atomic E-state index is 12.3. The molecule has 0 spiro atoms. The van der Waals surface area contributed by atoms with E-state index in [1.807, 2.05) is 0 Å². The van der Waals surface area contributed by atoms with E-state index < -0.39 is 23.3 Å². The van der Waals surface area contributed by atoms with Gasteiger partial charge in [0.15, 0.2) is 5.69 Å². The Hall–Kier alpha value is -1.57. The first-order valence-electron chi connectivity index (χ1n) is 6.28. The van der Waals surface area contributed by atoms with Gasteiger partial charge in [-0.15, -0.1) is 0 Å². The molecule has 1 aromatic rings.